The molecule has 0 aliphatic rings. The molecule has 0 saturated heterocycles. The number of nitrogens with two attached hydrogens (primary N) is 1. The molecule has 0 spiro atoms. The Labute approximate surface area is 101 Å². The van der Waals surface area contributed by atoms with Gasteiger partial charge in [0.05, 0.1) is 0 Å². The molecule has 1 aromatic carbocycles. The normalized spacial score (nSPS) is 12.4. The summed E-state index contributed by atoms with van der Waals surface area (Å²) in [6.07, 6.45) is 6.39. The Balaban J connectivity index is 2.46. The summed E-state index contributed by atoms with van der Waals surface area (Å²) in [4.78, 5) is 0. The summed E-state index contributed by atoms with van der Waals surface area (Å²) in [5.74, 6) is -1.10. The Kier molecular flexibility index (Phi) is 5.84. The van der Waals surface area contributed by atoms with Gasteiger partial charge in [-0.3, -0.25) is 0 Å². The van der Waals surface area contributed by atoms with E-state index in [1.54, 1.807) is 0 Å². The maximum atomic E-state index is 13.4. The molecular weight excluding hydrogens is 220 g/mol. The summed E-state index contributed by atoms with van der Waals surface area (Å²) in [6.45, 7) is 3.64. The van der Waals surface area contributed by atoms with E-state index >= 15 is 0 Å². The van der Waals surface area contributed by atoms with Crippen molar-refractivity contribution < 1.29 is 8.78 Å². The van der Waals surface area contributed by atoms with E-state index in [1.807, 2.05) is 6.08 Å². The molecule has 0 aromatic heterocycles. The first-order valence-corrected chi connectivity index (χ1v) is 5.97. The third-order valence-electron chi connectivity index (χ3n) is 2.79. The molecule has 0 bridgehead atoms. The van der Waals surface area contributed by atoms with Gasteiger partial charge in [-0.15, -0.1) is 6.58 Å². The molecule has 1 rings (SSSR count). The third kappa shape index (κ3) is 4.27. The maximum Gasteiger partial charge on any atom is 0.130 e. The molecule has 1 aromatic rings. The molecule has 0 fully saturated rings. The highest BCUT2D eigenvalue weighted by molar-refractivity contribution is 5.22. The van der Waals surface area contributed by atoms with E-state index in [-0.39, 0.29) is 5.56 Å². The zero-order chi connectivity index (χ0) is 12.7. The summed E-state index contributed by atoms with van der Waals surface area (Å²) in [7, 11) is 0. The molecule has 17 heavy (non-hydrogen) atoms. The second-order valence-corrected chi connectivity index (χ2v) is 4.17. The van der Waals surface area contributed by atoms with E-state index in [4.69, 9.17) is 5.73 Å². The lowest BCUT2D eigenvalue weighted by molar-refractivity contribution is 0.496. The van der Waals surface area contributed by atoms with Crippen LogP contribution in [0.1, 0.15) is 43.7 Å². The van der Waals surface area contributed by atoms with E-state index in [2.05, 4.69) is 6.58 Å². The Morgan fingerprint density at radius 2 is 1.82 bits per heavy atom. The number of hydrogen-bond acceptors (Lipinski definition) is 1. The summed E-state index contributed by atoms with van der Waals surface area (Å²) in [6, 6.07) is 3.29. The largest absolute Gasteiger partial charge is 0.324 e. The molecule has 1 atom stereocenters. The molecule has 0 aliphatic heterocycles. The summed E-state index contributed by atoms with van der Waals surface area (Å²) < 4.78 is 26.8. The Bertz CT molecular complexity index is 343. The number of hydrogen-bond donors (Lipinski definition) is 1. The van der Waals surface area contributed by atoms with Crippen molar-refractivity contribution in [3.05, 3.63) is 48.1 Å². The molecular formula is C14H19F2N. The van der Waals surface area contributed by atoms with Crippen molar-refractivity contribution in [1.82, 2.24) is 0 Å². The Morgan fingerprint density at radius 1 is 1.18 bits per heavy atom. The standard InChI is InChI=1S/C14H19F2N/c1-2-3-4-5-6-10-13(17)14-11(15)8-7-9-12(14)16/h2,7-9,13H,1,3-6,10,17H2. The molecule has 1 nitrogen and oxygen atoms in total. The maximum absolute atomic E-state index is 13.4. The van der Waals surface area contributed by atoms with Crippen LogP contribution in [0.4, 0.5) is 8.78 Å². The highest BCUT2D eigenvalue weighted by atomic mass is 19.1. The van der Waals surface area contributed by atoms with Gasteiger partial charge in [0.2, 0.25) is 0 Å². The summed E-state index contributed by atoms with van der Waals surface area (Å²) >= 11 is 0. The lowest BCUT2D eigenvalue weighted by atomic mass is 10.00. The number of halogens is 2. The van der Waals surface area contributed by atoms with Crippen LogP contribution in [0.3, 0.4) is 0 Å². The third-order valence-corrected chi connectivity index (χ3v) is 2.79. The van der Waals surface area contributed by atoms with Crippen molar-refractivity contribution in [3.63, 3.8) is 0 Å². The number of unbranched alkanes of at least 4 members (excludes halogenated alkanes) is 3. The van der Waals surface area contributed by atoms with Crippen molar-refractivity contribution in [2.75, 3.05) is 0 Å². The van der Waals surface area contributed by atoms with Crippen LogP contribution in [0, 0.1) is 11.6 Å². The SMILES string of the molecule is C=CCCCCCC(N)c1c(F)cccc1F. The molecule has 2 N–H and O–H groups in total. The summed E-state index contributed by atoms with van der Waals surface area (Å²) in [5.41, 5.74) is 5.82. The molecule has 0 radical (unpaired) electrons. The van der Waals surface area contributed by atoms with Gasteiger partial charge in [0, 0.05) is 11.6 Å². The van der Waals surface area contributed by atoms with Crippen LogP contribution >= 0.6 is 0 Å². The molecule has 0 heterocycles. The molecule has 0 saturated carbocycles. The summed E-state index contributed by atoms with van der Waals surface area (Å²) in [5, 5.41) is 0. The van der Waals surface area contributed by atoms with Gasteiger partial charge in [-0.1, -0.05) is 25.0 Å². The average molecular weight is 239 g/mol. The fourth-order valence-electron chi connectivity index (χ4n) is 1.84. The number of benzene rings is 1. The van der Waals surface area contributed by atoms with Crippen LogP contribution in [0.5, 0.6) is 0 Å². The molecule has 3 heteroatoms. The van der Waals surface area contributed by atoms with E-state index < -0.39 is 17.7 Å². The fraction of sp³-hybridized carbons (Fsp3) is 0.429. The van der Waals surface area contributed by atoms with E-state index in [1.165, 1.54) is 18.2 Å². The van der Waals surface area contributed by atoms with Crippen molar-refractivity contribution in [1.29, 1.82) is 0 Å². The minimum Gasteiger partial charge on any atom is -0.324 e. The average Bonchev–Trinajstić information content (AvgIpc) is 2.28. The first-order chi connectivity index (χ1) is 8.16. The van der Waals surface area contributed by atoms with E-state index in [9.17, 15) is 8.78 Å². The van der Waals surface area contributed by atoms with Crippen molar-refractivity contribution in [2.45, 2.75) is 38.1 Å². The van der Waals surface area contributed by atoms with Crippen LogP contribution in [0.2, 0.25) is 0 Å². The number of rotatable bonds is 7. The van der Waals surface area contributed by atoms with Crippen LogP contribution in [0.15, 0.2) is 30.9 Å². The first-order valence-electron chi connectivity index (χ1n) is 5.97. The van der Waals surface area contributed by atoms with Crippen LogP contribution in [-0.2, 0) is 0 Å². The topological polar surface area (TPSA) is 26.0 Å². The monoisotopic (exact) mass is 239 g/mol. The van der Waals surface area contributed by atoms with Crippen molar-refractivity contribution >= 4 is 0 Å². The van der Waals surface area contributed by atoms with Gasteiger partial charge in [0.1, 0.15) is 11.6 Å². The van der Waals surface area contributed by atoms with Crippen molar-refractivity contribution in [3.8, 4) is 0 Å². The van der Waals surface area contributed by atoms with Gasteiger partial charge >= 0.3 is 0 Å². The van der Waals surface area contributed by atoms with Gasteiger partial charge in [-0.2, -0.15) is 0 Å². The second kappa shape index (κ2) is 7.17. The fourth-order valence-corrected chi connectivity index (χ4v) is 1.84. The van der Waals surface area contributed by atoms with Crippen LogP contribution < -0.4 is 5.73 Å². The second-order valence-electron chi connectivity index (χ2n) is 4.17. The van der Waals surface area contributed by atoms with Gasteiger partial charge in [0.25, 0.3) is 0 Å². The predicted molar refractivity (Wildman–Crippen MR) is 66.6 cm³/mol. The lowest BCUT2D eigenvalue weighted by Crippen LogP contribution is -2.14. The Hall–Kier alpha value is -1.22. The van der Waals surface area contributed by atoms with Gasteiger partial charge in [0.15, 0.2) is 0 Å². The number of allylic oxidation sites excluding steroid dienone is 1. The highest BCUT2D eigenvalue weighted by Crippen LogP contribution is 2.23. The zero-order valence-corrected chi connectivity index (χ0v) is 9.96. The van der Waals surface area contributed by atoms with Gasteiger partial charge < -0.3 is 5.73 Å². The highest BCUT2D eigenvalue weighted by Gasteiger charge is 2.15. The smallest absolute Gasteiger partial charge is 0.130 e. The van der Waals surface area contributed by atoms with E-state index in [0.717, 1.165) is 25.7 Å². The van der Waals surface area contributed by atoms with Crippen LogP contribution in [0.25, 0.3) is 0 Å². The lowest BCUT2D eigenvalue weighted by Gasteiger charge is -2.13. The quantitative estimate of drug-likeness (QED) is 0.562. The minimum atomic E-state index is -0.556. The Morgan fingerprint density at radius 3 is 2.41 bits per heavy atom. The molecule has 0 aliphatic carbocycles. The molecule has 0 amide bonds. The van der Waals surface area contributed by atoms with E-state index in [0.29, 0.717) is 6.42 Å². The zero-order valence-electron chi connectivity index (χ0n) is 9.96. The molecule has 94 valence electrons. The first kappa shape index (κ1) is 13.8. The minimum absolute atomic E-state index is 0.0104. The van der Waals surface area contributed by atoms with Gasteiger partial charge in [-0.05, 0) is 31.4 Å². The van der Waals surface area contributed by atoms with Crippen LogP contribution in [-0.4, -0.2) is 0 Å². The predicted octanol–water partition coefficient (Wildman–Crippen LogP) is 4.10. The molecule has 1 unspecified atom stereocenters. The van der Waals surface area contributed by atoms with Gasteiger partial charge in [-0.25, -0.2) is 8.78 Å². The van der Waals surface area contributed by atoms with Crippen molar-refractivity contribution in [2.24, 2.45) is 5.73 Å².